The molecule has 0 radical (unpaired) electrons. The molecule has 0 saturated carbocycles. The molecule has 0 aliphatic rings. The fraction of sp³-hybridized carbons (Fsp3) is 0.500. The second kappa shape index (κ2) is 8.28. The third kappa shape index (κ3) is 4.47. The van der Waals surface area contributed by atoms with Crippen molar-refractivity contribution in [2.24, 2.45) is 5.92 Å². The number of rotatable bonds is 7. The van der Waals surface area contributed by atoms with E-state index in [0.29, 0.717) is 17.9 Å². The van der Waals surface area contributed by atoms with E-state index in [1.54, 1.807) is 12.1 Å². The number of esters is 1. The third-order valence-electron chi connectivity index (χ3n) is 3.58. The molecule has 1 aromatic carbocycles. The molecule has 5 nitrogen and oxygen atoms in total. The summed E-state index contributed by atoms with van der Waals surface area (Å²) in [6, 6.07) is 7.13. The molecule has 1 rings (SSSR count). The fourth-order valence-corrected chi connectivity index (χ4v) is 2.06. The maximum absolute atomic E-state index is 11.8. The molecule has 0 amide bonds. The van der Waals surface area contributed by atoms with Gasteiger partial charge in [0.15, 0.2) is 0 Å². The number of carbonyl (C=O) groups is 1. The Balaban J connectivity index is 2.81. The molecular weight excluding hydrogens is 268 g/mol. The molecular formula is C16H22N2O3. The Morgan fingerprint density at radius 2 is 2.14 bits per heavy atom. The van der Waals surface area contributed by atoms with Crippen LogP contribution in [-0.2, 0) is 16.1 Å². The van der Waals surface area contributed by atoms with Crippen molar-refractivity contribution < 1.29 is 14.3 Å². The summed E-state index contributed by atoms with van der Waals surface area (Å²) < 4.78 is 9.94. The van der Waals surface area contributed by atoms with Gasteiger partial charge in [-0.1, -0.05) is 26.3 Å². The highest BCUT2D eigenvalue weighted by Gasteiger charge is 2.24. The van der Waals surface area contributed by atoms with E-state index in [2.05, 4.69) is 11.4 Å². The number of hydrogen-bond acceptors (Lipinski definition) is 5. The van der Waals surface area contributed by atoms with E-state index in [9.17, 15) is 4.79 Å². The highest BCUT2D eigenvalue weighted by atomic mass is 16.5. The molecule has 5 heteroatoms. The number of nitrogens with one attached hydrogen (secondary N) is 1. The Bertz CT molecular complexity index is 523. The molecule has 0 fully saturated rings. The zero-order valence-corrected chi connectivity index (χ0v) is 13.0. The summed E-state index contributed by atoms with van der Waals surface area (Å²) in [5, 5.41) is 12.3. The lowest BCUT2D eigenvalue weighted by molar-refractivity contribution is -0.144. The van der Waals surface area contributed by atoms with E-state index in [-0.39, 0.29) is 17.9 Å². The van der Waals surface area contributed by atoms with Crippen LogP contribution in [0.4, 0.5) is 0 Å². The first-order valence-corrected chi connectivity index (χ1v) is 6.95. The van der Waals surface area contributed by atoms with E-state index < -0.39 is 0 Å². The van der Waals surface area contributed by atoms with E-state index in [1.807, 2.05) is 19.9 Å². The summed E-state index contributed by atoms with van der Waals surface area (Å²) in [5.41, 5.74) is 1.40. The van der Waals surface area contributed by atoms with E-state index in [0.717, 1.165) is 12.0 Å². The highest BCUT2D eigenvalue weighted by molar-refractivity contribution is 5.76. The van der Waals surface area contributed by atoms with Gasteiger partial charge >= 0.3 is 5.97 Å². The van der Waals surface area contributed by atoms with Gasteiger partial charge in [-0.15, -0.1) is 0 Å². The summed E-state index contributed by atoms with van der Waals surface area (Å²) >= 11 is 0. The van der Waals surface area contributed by atoms with Crippen molar-refractivity contribution in [1.82, 2.24) is 5.32 Å². The number of ether oxygens (including phenoxy) is 2. The molecule has 0 spiro atoms. The Morgan fingerprint density at radius 3 is 2.67 bits per heavy atom. The zero-order valence-electron chi connectivity index (χ0n) is 13.0. The quantitative estimate of drug-likeness (QED) is 0.780. The lowest BCUT2D eigenvalue weighted by Crippen LogP contribution is -2.42. The smallest absolute Gasteiger partial charge is 0.323 e. The van der Waals surface area contributed by atoms with Gasteiger partial charge in [-0.25, -0.2) is 0 Å². The molecule has 0 aliphatic heterocycles. The fourth-order valence-electron chi connectivity index (χ4n) is 2.06. The van der Waals surface area contributed by atoms with Crippen LogP contribution in [0.2, 0.25) is 0 Å². The topological polar surface area (TPSA) is 71.3 Å². The Labute approximate surface area is 125 Å². The number of carbonyl (C=O) groups excluding carboxylic acids is 1. The lowest BCUT2D eigenvalue weighted by atomic mass is 9.99. The molecule has 0 bridgehead atoms. The van der Waals surface area contributed by atoms with Crippen molar-refractivity contribution in [1.29, 1.82) is 5.26 Å². The predicted molar refractivity (Wildman–Crippen MR) is 79.8 cm³/mol. The second-order valence-corrected chi connectivity index (χ2v) is 4.91. The molecule has 0 aromatic heterocycles. The standard InChI is InChI=1S/C16H22N2O3/c1-5-11(2)15(16(19)21-4)18-10-12-6-7-14(20-3)13(8-12)9-17/h6-8,11,15,18H,5,10H2,1-4H3. The molecule has 1 N–H and O–H groups in total. The van der Waals surface area contributed by atoms with Crippen molar-refractivity contribution >= 4 is 5.97 Å². The van der Waals surface area contributed by atoms with Crippen LogP contribution in [0.3, 0.4) is 0 Å². The number of benzene rings is 1. The second-order valence-electron chi connectivity index (χ2n) is 4.91. The van der Waals surface area contributed by atoms with Gasteiger partial charge in [-0.3, -0.25) is 4.79 Å². The SMILES string of the molecule is CCC(C)C(NCc1ccc(OC)c(C#N)c1)C(=O)OC. The van der Waals surface area contributed by atoms with Gasteiger partial charge < -0.3 is 14.8 Å². The Kier molecular flexibility index (Phi) is 6.70. The predicted octanol–water partition coefficient (Wildman–Crippen LogP) is 2.24. The molecule has 0 heterocycles. The van der Waals surface area contributed by atoms with Gasteiger partial charge in [0.25, 0.3) is 0 Å². The van der Waals surface area contributed by atoms with E-state index in [4.69, 9.17) is 14.7 Å². The molecule has 2 unspecified atom stereocenters. The van der Waals surface area contributed by atoms with Crippen LogP contribution in [0.1, 0.15) is 31.4 Å². The van der Waals surface area contributed by atoms with Crippen LogP contribution in [0.15, 0.2) is 18.2 Å². The third-order valence-corrected chi connectivity index (χ3v) is 3.58. The van der Waals surface area contributed by atoms with Crippen LogP contribution in [0.5, 0.6) is 5.75 Å². The lowest BCUT2D eigenvalue weighted by Gasteiger charge is -2.22. The summed E-state index contributed by atoms with van der Waals surface area (Å²) in [5.74, 6) is 0.456. The van der Waals surface area contributed by atoms with Crippen molar-refractivity contribution in [3.63, 3.8) is 0 Å². The summed E-state index contributed by atoms with van der Waals surface area (Å²) in [6.45, 7) is 4.52. The van der Waals surface area contributed by atoms with E-state index >= 15 is 0 Å². The van der Waals surface area contributed by atoms with Gasteiger partial charge in [0.1, 0.15) is 17.9 Å². The number of hydrogen-bond donors (Lipinski definition) is 1. The number of nitrogens with zero attached hydrogens (tertiary/aromatic N) is 1. The molecule has 0 aliphatic carbocycles. The monoisotopic (exact) mass is 290 g/mol. The minimum absolute atomic E-state index is 0.172. The van der Waals surface area contributed by atoms with Crippen molar-refractivity contribution in [3.8, 4) is 11.8 Å². The first-order valence-electron chi connectivity index (χ1n) is 6.95. The maximum atomic E-state index is 11.8. The summed E-state index contributed by atoms with van der Waals surface area (Å²) in [4.78, 5) is 11.8. The van der Waals surface area contributed by atoms with Crippen molar-refractivity contribution in [2.75, 3.05) is 14.2 Å². The minimum Gasteiger partial charge on any atom is -0.495 e. The van der Waals surface area contributed by atoms with Crippen LogP contribution in [0.25, 0.3) is 0 Å². The molecule has 114 valence electrons. The van der Waals surface area contributed by atoms with Crippen LogP contribution in [-0.4, -0.2) is 26.2 Å². The Hall–Kier alpha value is -2.06. The van der Waals surface area contributed by atoms with Gasteiger partial charge in [0.2, 0.25) is 0 Å². The number of methoxy groups -OCH3 is 2. The van der Waals surface area contributed by atoms with Gasteiger partial charge in [-0.2, -0.15) is 5.26 Å². The van der Waals surface area contributed by atoms with Crippen molar-refractivity contribution in [3.05, 3.63) is 29.3 Å². The zero-order chi connectivity index (χ0) is 15.8. The van der Waals surface area contributed by atoms with Crippen LogP contribution in [0, 0.1) is 17.2 Å². The first kappa shape index (κ1) is 17.0. The first-order chi connectivity index (χ1) is 10.1. The normalized spacial score (nSPS) is 13.1. The minimum atomic E-state index is -0.354. The molecule has 0 saturated heterocycles. The maximum Gasteiger partial charge on any atom is 0.323 e. The van der Waals surface area contributed by atoms with Crippen LogP contribution < -0.4 is 10.1 Å². The van der Waals surface area contributed by atoms with Crippen molar-refractivity contribution in [2.45, 2.75) is 32.9 Å². The summed E-state index contributed by atoms with van der Waals surface area (Å²) in [6.07, 6.45) is 0.874. The largest absolute Gasteiger partial charge is 0.495 e. The van der Waals surface area contributed by atoms with E-state index in [1.165, 1.54) is 14.2 Å². The average Bonchev–Trinajstić information content (AvgIpc) is 2.53. The Morgan fingerprint density at radius 1 is 1.43 bits per heavy atom. The van der Waals surface area contributed by atoms with Gasteiger partial charge in [-0.05, 0) is 23.6 Å². The molecule has 1 aromatic rings. The van der Waals surface area contributed by atoms with Crippen LogP contribution >= 0.6 is 0 Å². The molecule has 2 atom stereocenters. The van der Waals surface area contributed by atoms with Gasteiger partial charge in [0.05, 0.1) is 19.8 Å². The summed E-state index contributed by atoms with van der Waals surface area (Å²) in [7, 11) is 2.92. The molecule has 21 heavy (non-hydrogen) atoms. The average molecular weight is 290 g/mol. The highest BCUT2D eigenvalue weighted by Crippen LogP contribution is 2.19. The van der Waals surface area contributed by atoms with Gasteiger partial charge in [0, 0.05) is 6.54 Å². The number of nitriles is 1.